The second-order valence-electron chi connectivity index (χ2n) is 4.81. The number of carbonyl (C=O) groups is 1. The number of nitrogens with zero attached hydrogens (tertiary/aromatic N) is 2. The first-order valence-corrected chi connectivity index (χ1v) is 6.25. The number of nitrogens with one attached hydrogen (secondary N) is 1. The topological polar surface area (TPSA) is 75.5 Å². The van der Waals surface area contributed by atoms with Gasteiger partial charge in [0.05, 0.1) is 11.0 Å². The molecule has 1 fully saturated rings. The molecule has 1 N–H and O–H groups in total. The van der Waals surface area contributed by atoms with Gasteiger partial charge in [0.1, 0.15) is 0 Å². The Labute approximate surface area is 111 Å². The fourth-order valence-corrected chi connectivity index (χ4v) is 2.39. The highest BCUT2D eigenvalue weighted by Crippen LogP contribution is 2.25. The maximum atomic E-state index is 11.8. The molecule has 0 bridgehead atoms. The summed E-state index contributed by atoms with van der Waals surface area (Å²) in [4.78, 5) is 24.1. The smallest absolute Gasteiger partial charge is 0.274 e. The van der Waals surface area contributed by atoms with Crippen LogP contribution in [0.2, 0.25) is 0 Å². The van der Waals surface area contributed by atoms with Gasteiger partial charge in [0.15, 0.2) is 0 Å². The SMILES string of the molecule is CC(NC1CCN(C)C1=O)c1ccccc1[N+](=O)[O-]. The van der Waals surface area contributed by atoms with Crippen molar-refractivity contribution in [3.8, 4) is 0 Å². The Morgan fingerprint density at radius 3 is 2.74 bits per heavy atom. The van der Waals surface area contributed by atoms with Crippen molar-refractivity contribution in [1.82, 2.24) is 10.2 Å². The predicted molar refractivity (Wildman–Crippen MR) is 70.7 cm³/mol. The van der Waals surface area contributed by atoms with Gasteiger partial charge in [-0.1, -0.05) is 18.2 Å². The van der Waals surface area contributed by atoms with E-state index in [1.165, 1.54) is 6.07 Å². The molecule has 1 aromatic rings. The Morgan fingerprint density at radius 2 is 2.16 bits per heavy atom. The summed E-state index contributed by atoms with van der Waals surface area (Å²) in [6.07, 6.45) is 0.736. The van der Waals surface area contributed by atoms with Crippen LogP contribution in [0.5, 0.6) is 0 Å². The van der Waals surface area contributed by atoms with Crippen LogP contribution in [0.1, 0.15) is 24.9 Å². The van der Waals surface area contributed by atoms with E-state index in [1.807, 2.05) is 6.92 Å². The molecule has 0 radical (unpaired) electrons. The number of rotatable bonds is 4. The zero-order chi connectivity index (χ0) is 14.0. The van der Waals surface area contributed by atoms with Gasteiger partial charge in [0, 0.05) is 31.3 Å². The van der Waals surface area contributed by atoms with Gasteiger partial charge in [-0.05, 0) is 13.3 Å². The van der Waals surface area contributed by atoms with Crippen molar-refractivity contribution in [2.24, 2.45) is 0 Å². The molecule has 102 valence electrons. The number of likely N-dealkylation sites (N-methyl/N-ethyl adjacent to an activating group) is 1. The van der Waals surface area contributed by atoms with Gasteiger partial charge in [0.2, 0.25) is 5.91 Å². The highest BCUT2D eigenvalue weighted by atomic mass is 16.6. The second-order valence-corrected chi connectivity index (χ2v) is 4.81. The van der Waals surface area contributed by atoms with Gasteiger partial charge in [0.25, 0.3) is 5.69 Å². The molecule has 1 aliphatic heterocycles. The van der Waals surface area contributed by atoms with Gasteiger partial charge < -0.3 is 4.90 Å². The molecule has 6 nitrogen and oxygen atoms in total. The van der Waals surface area contributed by atoms with Crippen molar-refractivity contribution in [2.45, 2.75) is 25.4 Å². The lowest BCUT2D eigenvalue weighted by molar-refractivity contribution is -0.385. The van der Waals surface area contributed by atoms with E-state index < -0.39 is 4.92 Å². The standard InChI is InChI=1S/C13H17N3O3/c1-9(14-11-7-8-15(2)13(11)17)10-5-3-4-6-12(10)16(18)19/h3-6,9,11,14H,7-8H2,1-2H3. The molecule has 1 amide bonds. The first-order chi connectivity index (χ1) is 9.00. The van der Waals surface area contributed by atoms with Gasteiger partial charge in [-0.3, -0.25) is 20.2 Å². The number of hydrogen-bond donors (Lipinski definition) is 1. The minimum Gasteiger partial charge on any atom is -0.344 e. The van der Waals surface area contributed by atoms with Crippen LogP contribution >= 0.6 is 0 Å². The fourth-order valence-electron chi connectivity index (χ4n) is 2.39. The van der Waals surface area contributed by atoms with Crippen molar-refractivity contribution in [2.75, 3.05) is 13.6 Å². The average Bonchev–Trinajstić information content (AvgIpc) is 2.70. The quantitative estimate of drug-likeness (QED) is 0.659. The molecule has 19 heavy (non-hydrogen) atoms. The number of likely N-dealkylation sites (tertiary alicyclic amines) is 1. The molecule has 0 spiro atoms. The Hall–Kier alpha value is -1.95. The molecule has 6 heteroatoms. The van der Waals surface area contributed by atoms with E-state index in [0.29, 0.717) is 5.56 Å². The van der Waals surface area contributed by atoms with Crippen LogP contribution in [0, 0.1) is 10.1 Å². The molecular formula is C13H17N3O3. The van der Waals surface area contributed by atoms with Gasteiger partial charge in [-0.2, -0.15) is 0 Å². The third-order valence-electron chi connectivity index (χ3n) is 3.48. The lowest BCUT2D eigenvalue weighted by Gasteiger charge is -2.18. The molecule has 1 saturated heterocycles. The summed E-state index contributed by atoms with van der Waals surface area (Å²) < 4.78 is 0. The van der Waals surface area contributed by atoms with Crippen LogP contribution in [0.4, 0.5) is 5.69 Å². The number of carbonyl (C=O) groups excluding carboxylic acids is 1. The number of hydrogen-bond acceptors (Lipinski definition) is 4. The summed E-state index contributed by atoms with van der Waals surface area (Å²) in [6.45, 7) is 2.56. The minimum absolute atomic E-state index is 0.0467. The third-order valence-corrected chi connectivity index (χ3v) is 3.48. The highest BCUT2D eigenvalue weighted by Gasteiger charge is 2.31. The van der Waals surface area contributed by atoms with Gasteiger partial charge in [-0.25, -0.2) is 0 Å². The maximum absolute atomic E-state index is 11.8. The van der Waals surface area contributed by atoms with Crippen molar-refractivity contribution >= 4 is 11.6 Å². The molecule has 2 rings (SSSR count). The highest BCUT2D eigenvalue weighted by molar-refractivity contribution is 5.83. The van der Waals surface area contributed by atoms with E-state index >= 15 is 0 Å². The van der Waals surface area contributed by atoms with Crippen LogP contribution in [0.3, 0.4) is 0 Å². The van der Waals surface area contributed by atoms with E-state index in [0.717, 1.165) is 13.0 Å². The van der Waals surface area contributed by atoms with Crippen molar-refractivity contribution in [3.63, 3.8) is 0 Å². The van der Waals surface area contributed by atoms with Crippen molar-refractivity contribution in [3.05, 3.63) is 39.9 Å². The first-order valence-electron chi connectivity index (χ1n) is 6.25. The van der Waals surface area contributed by atoms with Crippen LogP contribution < -0.4 is 5.32 Å². The minimum atomic E-state index is -0.393. The number of nitro benzene ring substituents is 1. The average molecular weight is 263 g/mol. The van der Waals surface area contributed by atoms with Crippen LogP contribution in [-0.4, -0.2) is 35.4 Å². The van der Waals surface area contributed by atoms with E-state index in [9.17, 15) is 14.9 Å². The zero-order valence-corrected chi connectivity index (χ0v) is 11.0. The number of nitro groups is 1. The summed E-state index contributed by atoms with van der Waals surface area (Å²) in [5.74, 6) is 0.0467. The Morgan fingerprint density at radius 1 is 1.47 bits per heavy atom. The summed E-state index contributed by atoms with van der Waals surface area (Å²) in [7, 11) is 1.76. The summed E-state index contributed by atoms with van der Waals surface area (Å²) in [6, 6.07) is 6.13. The number of amides is 1. The normalized spacial score (nSPS) is 20.6. The third kappa shape index (κ3) is 2.73. The Balaban J connectivity index is 2.14. The summed E-state index contributed by atoms with van der Waals surface area (Å²) >= 11 is 0. The molecule has 0 aromatic heterocycles. The molecule has 1 aliphatic rings. The maximum Gasteiger partial charge on any atom is 0.274 e. The number of benzene rings is 1. The van der Waals surface area contributed by atoms with E-state index in [1.54, 1.807) is 30.1 Å². The molecule has 1 heterocycles. The first kappa shape index (κ1) is 13.5. The molecular weight excluding hydrogens is 246 g/mol. The monoisotopic (exact) mass is 263 g/mol. The van der Waals surface area contributed by atoms with Crippen molar-refractivity contribution in [1.29, 1.82) is 0 Å². The Kier molecular flexibility index (Phi) is 3.80. The van der Waals surface area contributed by atoms with Gasteiger partial charge in [-0.15, -0.1) is 0 Å². The van der Waals surface area contributed by atoms with E-state index in [-0.39, 0.29) is 23.7 Å². The zero-order valence-electron chi connectivity index (χ0n) is 11.0. The number of para-hydroxylation sites is 1. The lowest BCUT2D eigenvalue weighted by atomic mass is 10.0. The van der Waals surface area contributed by atoms with Crippen LogP contribution in [0.25, 0.3) is 0 Å². The fraction of sp³-hybridized carbons (Fsp3) is 0.462. The molecule has 0 aliphatic carbocycles. The van der Waals surface area contributed by atoms with E-state index in [2.05, 4.69) is 5.32 Å². The Bertz CT molecular complexity index is 504. The molecule has 2 unspecified atom stereocenters. The molecule has 0 saturated carbocycles. The molecule has 2 atom stereocenters. The predicted octanol–water partition coefficient (Wildman–Crippen LogP) is 1.48. The molecule has 1 aromatic carbocycles. The van der Waals surface area contributed by atoms with Crippen molar-refractivity contribution < 1.29 is 9.72 Å². The van der Waals surface area contributed by atoms with Gasteiger partial charge >= 0.3 is 0 Å². The van der Waals surface area contributed by atoms with Crippen LogP contribution in [-0.2, 0) is 4.79 Å². The lowest BCUT2D eigenvalue weighted by Crippen LogP contribution is -2.38. The largest absolute Gasteiger partial charge is 0.344 e. The van der Waals surface area contributed by atoms with Crippen LogP contribution in [0.15, 0.2) is 24.3 Å². The summed E-state index contributed by atoms with van der Waals surface area (Å²) in [5, 5.41) is 14.2. The van der Waals surface area contributed by atoms with E-state index in [4.69, 9.17) is 0 Å². The summed E-state index contributed by atoms with van der Waals surface area (Å²) in [5.41, 5.74) is 0.691. The second kappa shape index (κ2) is 5.36.